The lowest BCUT2D eigenvalue weighted by atomic mass is 9.71. The van der Waals surface area contributed by atoms with Gasteiger partial charge in [-0.05, 0) is 74.2 Å². The van der Waals surface area contributed by atoms with E-state index in [0.717, 1.165) is 29.7 Å². The highest BCUT2D eigenvalue weighted by Gasteiger charge is 2.41. The second kappa shape index (κ2) is 8.20. The van der Waals surface area contributed by atoms with Crippen molar-refractivity contribution in [1.82, 2.24) is 5.32 Å². The molecular weight excluding hydrogens is 416 g/mol. The molecule has 0 aromatic heterocycles. The zero-order valence-corrected chi connectivity index (χ0v) is 18.3. The molecule has 2 aliphatic rings. The van der Waals surface area contributed by atoms with Crippen LogP contribution >= 0.6 is 0 Å². The van der Waals surface area contributed by atoms with Crippen LogP contribution in [0.3, 0.4) is 0 Å². The molecule has 166 valence electrons. The van der Waals surface area contributed by atoms with Crippen molar-refractivity contribution in [3.8, 4) is 5.75 Å². The molecule has 33 heavy (non-hydrogen) atoms. The van der Waals surface area contributed by atoms with Crippen LogP contribution in [-0.4, -0.2) is 24.3 Å². The SMILES string of the molecule is CCOc1ccc(N2C(=O)c3ccc(C(=O)NC4(c5ccccc5)CCC4)cc3C2=O)cc1. The van der Waals surface area contributed by atoms with Crippen LogP contribution in [-0.2, 0) is 5.54 Å². The minimum atomic E-state index is -0.435. The Morgan fingerprint density at radius 3 is 2.27 bits per heavy atom. The molecule has 5 rings (SSSR count). The first-order chi connectivity index (χ1) is 16.0. The van der Waals surface area contributed by atoms with Crippen molar-refractivity contribution in [2.45, 2.75) is 31.7 Å². The number of carbonyl (C=O) groups is 3. The van der Waals surface area contributed by atoms with Gasteiger partial charge in [-0.3, -0.25) is 14.4 Å². The molecule has 0 unspecified atom stereocenters. The Morgan fingerprint density at radius 1 is 0.939 bits per heavy atom. The average Bonchev–Trinajstić information content (AvgIpc) is 3.07. The van der Waals surface area contributed by atoms with Crippen molar-refractivity contribution >= 4 is 23.4 Å². The first-order valence-electron chi connectivity index (χ1n) is 11.2. The third-order valence-corrected chi connectivity index (χ3v) is 6.44. The van der Waals surface area contributed by atoms with Gasteiger partial charge in [-0.25, -0.2) is 4.90 Å². The van der Waals surface area contributed by atoms with Crippen LogP contribution < -0.4 is 15.0 Å². The van der Waals surface area contributed by atoms with Gasteiger partial charge in [0.25, 0.3) is 17.7 Å². The number of rotatable bonds is 6. The topological polar surface area (TPSA) is 75.7 Å². The minimum Gasteiger partial charge on any atom is -0.494 e. The van der Waals surface area contributed by atoms with Crippen molar-refractivity contribution in [2.75, 3.05) is 11.5 Å². The molecule has 1 N–H and O–H groups in total. The minimum absolute atomic E-state index is 0.240. The maximum absolute atomic E-state index is 13.1. The zero-order valence-electron chi connectivity index (χ0n) is 18.3. The van der Waals surface area contributed by atoms with Crippen LogP contribution in [0.4, 0.5) is 5.69 Å². The van der Waals surface area contributed by atoms with E-state index in [9.17, 15) is 14.4 Å². The van der Waals surface area contributed by atoms with Crippen molar-refractivity contribution in [1.29, 1.82) is 0 Å². The van der Waals surface area contributed by atoms with Crippen molar-refractivity contribution in [3.05, 3.63) is 95.1 Å². The number of nitrogens with zero attached hydrogens (tertiary/aromatic N) is 1. The average molecular weight is 440 g/mol. The summed E-state index contributed by atoms with van der Waals surface area (Å²) >= 11 is 0. The summed E-state index contributed by atoms with van der Waals surface area (Å²) in [6, 6.07) is 21.5. The standard InChI is InChI=1S/C27H24N2O4/c1-2-33-21-12-10-20(11-13-21)29-25(31)22-14-9-18(17-23(22)26(29)32)24(30)28-27(15-6-16-27)19-7-4-3-5-8-19/h3-5,7-14,17H,2,6,15-16H2,1H3,(H,28,30). The Morgan fingerprint density at radius 2 is 1.64 bits per heavy atom. The summed E-state index contributed by atoms with van der Waals surface area (Å²) in [5.74, 6) is -0.414. The van der Waals surface area contributed by atoms with Gasteiger partial charge in [0.2, 0.25) is 0 Å². The van der Waals surface area contributed by atoms with Crippen molar-refractivity contribution < 1.29 is 19.1 Å². The van der Waals surface area contributed by atoms with Crippen molar-refractivity contribution in [2.24, 2.45) is 0 Å². The molecule has 0 radical (unpaired) electrons. The van der Waals surface area contributed by atoms with Gasteiger partial charge in [0.1, 0.15) is 5.75 Å². The number of anilines is 1. The van der Waals surface area contributed by atoms with Gasteiger partial charge in [0.15, 0.2) is 0 Å². The second-order valence-corrected chi connectivity index (χ2v) is 8.39. The smallest absolute Gasteiger partial charge is 0.266 e. The van der Waals surface area contributed by atoms with Gasteiger partial charge in [-0.1, -0.05) is 30.3 Å². The van der Waals surface area contributed by atoms with E-state index in [1.807, 2.05) is 37.3 Å². The Hall–Kier alpha value is -3.93. The number of fused-ring (bicyclic) bond motifs is 1. The normalized spacial score (nSPS) is 16.2. The highest BCUT2D eigenvalue weighted by Crippen LogP contribution is 2.41. The first-order valence-corrected chi connectivity index (χ1v) is 11.2. The molecule has 0 saturated heterocycles. The highest BCUT2D eigenvalue weighted by atomic mass is 16.5. The Labute approximate surface area is 192 Å². The molecule has 1 heterocycles. The molecule has 6 nitrogen and oxygen atoms in total. The number of benzene rings is 3. The Balaban J connectivity index is 1.39. The van der Waals surface area contributed by atoms with E-state index in [1.165, 1.54) is 6.07 Å². The van der Waals surface area contributed by atoms with E-state index in [-0.39, 0.29) is 17.0 Å². The lowest BCUT2D eigenvalue weighted by Gasteiger charge is -2.43. The van der Waals surface area contributed by atoms with Crippen molar-refractivity contribution in [3.63, 3.8) is 0 Å². The Bertz CT molecular complexity index is 1230. The van der Waals surface area contributed by atoms with Gasteiger partial charge < -0.3 is 10.1 Å². The molecule has 1 saturated carbocycles. The number of carbonyl (C=O) groups excluding carboxylic acids is 3. The monoisotopic (exact) mass is 440 g/mol. The van der Waals surface area contributed by atoms with Crippen LogP contribution in [0.1, 0.15) is 62.8 Å². The van der Waals surface area contributed by atoms with E-state index < -0.39 is 11.8 Å². The summed E-state index contributed by atoms with van der Waals surface area (Å²) in [6.45, 7) is 2.42. The summed E-state index contributed by atoms with van der Waals surface area (Å²) in [5.41, 5.74) is 2.07. The number of imide groups is 1. The van der Waals surface area contributed by atoms with Gasteiger partial charge in [0, 0.05) is 5.56 Å². The van der Waals surface area contributed by atoms with Crippen LogP contribution in [0.2, 0.25) is 0 Å². The van der Waals surface area contributed by atoms with Crippen LogP contribution in [0, 0.1) is 0 Å². The molecule has 3 aromatic carbocycles. The van der Waals surface area contributed by atoms with Crippen LogP contribution in [0.25, 0.3) is 0 Å². The molecular formula is C27H24N2O4. The summed E-state index contributed by atoms with van der Waals surface area (Å²) in [5, 5.41) is 3.18. The predicted molar refractivity (Wildman–Crippen MR) is 125 cm³/mol. The van der Waals surface area contributed by atoms with E-state index in [0.29, 0.717) is 29.2 Å². The molecule has 1 aliphatic heterocycles. The van der Waals surface area contributed by atoms with Crippen LogP contribution in [0.5, 0.6) is 5.75 Å². The van der Waals surface area contributed by atoms with E-state index in [1.54, 1.807) is 36.4 Å². The lowest BCUT2D eigenvalue weighted by molar-refractivity contribution is 0.0822. The van der Waals surface area contributed by atoms with Gasteiger partial charge in [0.05, 0.1) is 29.0 Å². The molecule has 3 amide bonds. The third kappa shape index (κ3) is 3.57. The molecule has 1 aliphatic carbocycles. The zero-order chi connectivity index (χ0) is 23.0. The molecule has 0 bridgehead atoms. The molecule has 1 fully saturated rings. The molecule has 0 atom stereocenters. The van der Waals surface area contributed by atoms with Gasteiger partial charge in [-0.15, -0.1) is 0 Å². The van der Waals surface area contributed by atoms with E-state index >= 15 is 0 Å². The molecule has 0 spiro atoms. The largest absolute Gasteiger partial charge is 0.494 e. The van der Waals surface area contributed by atoms with E-state index in [2.05, 4.69) is 5.32 Å². The molecule has 6 heteroatoms. The lowest BCUT2D eigenvalue weighted by Crippen LogP contribution is -2.50. The third-order valence-electron chi connectivity index (χ3n) is 6.44. The number of nitrogens with one attached hydrogen (secondary N) is 1. The molecule has 3 aromatic rings. The fourth-order valence-corrected chi connectivity index (χ4v) is 4.54. The predicted octanol–water partition coefficient (Wildman–Crippen LogP) is 4.70. The summed E-state index contributed by atoms with van der Waals surface area (Å²) in [4.78, 5) is 40.3. The number of hydrogen-bond acceptors (Lipinski definition) is 4. The fraction of sp³-hybridized carbons (Fsp3) is 0.222. The maximum Gasteiger partial charge on any atom is 0.266 e. The first kappa shape index (κ1) is 20.9. The second-order valence-electron chi connectivity index (χ2n) is 8.39. The maximum atomic E-state index is 13.1. The Kier molecular flexibility index (Phi) is 5.21. The summed E-state index contributed by atoms with van der Waals surface area (Å²) in [6.07, 6.45) is 2.79. The van der Waals surface area contributed by atoms with E-state index in [4.69, 9.17) is 4.74 Å². The van der Waals surface area contributed by atoms with Gasteiger partial charge >= 0.3 is 0 Å². The fourth-order valence-electron chi connectivity index (χ4n) is 4.54. The highest BCUT2D eigenvalue weighted by molar-refractivity contribution is 6.34. The number of ether oxygens (including phenoxy) is 1. The van der Waals surface area contributed by atoms with Gasteiger partial charge in [-0.2, -0.15) is 0 Å². The number of amides is 3. The quantitative estimate of drug-likeness (QED) is 0.564. The summed E-state index contributed by atoms with van der Waals surface area (Å²) in [7, 11) is 0. The summed E-state index contributed by atoms with van der Waals surface area (Å²) < 4.78 is 5.43. The number of hydrogen-bond donors (Lipinski definition) is 1. The van der Waals surface area contributed by atoms with Crippen LogP contribution in [0.15, 0.2) is 72.8 Å².